The first-order chi connectivity index (χ1) is 18.0. The maximum Gasteiger partial charge on any atom is 0.337 e. The number of amides is 1. The number of carbonyl (C=O) groups is 2. The first-order valence-electron chi connectivity index (χ1n) is 11.8. The zero-order chi connectivity index (χ0) is 27.5. The van der Waals surface area contributed by atoms with E-state index in [0.717, 1.165) is 39.0 Å². The van der Waals surface area contributed by atoms with Crippen molar-refractivity contribution in [3.05, 3.63) is 42.0 Å². The van der Waals surface area contributed by atoms with Gasteiger partial charge in [-0.2, -0.15) is 8.61 Å². The molecule has 0 aliphatic carbocycles. The molecule has 1 amide bonds. The van der Waals surface area contributed by atoms with Crippen LogP contribution in [0.1, 0.15) is 29.6 Å². The van der Waals surface area contributed by atoms with Crippen LogP contribution in [-0.4, -0.2) is 89.3 Å². The third-order valence-electron chi connectivity index (χ3n) is 6.23. The van der Waals surface area contributed by atoms with Crippen LogP contribution in [0.4, 0.5) is 0 Å². The Balaban J connectivity index is 1.56. The molecule has 0 bridgehead atoms. The minimum atomic E-state index is -4.17. The largest absolute Gasteiger partial charge is 0.465 e. The maximum absolute atomic E-state index is 13.7. The van der Waals surface area contributed by atoms with Crippen molar-refractivity contribution in [3.63, 3.8) is 0 Å². The normalized spacial score (nSPS) is 21.6. The first-order valence-corrected chi connectivity index (χ1v) is 15.9. The quantitative estimate of drug-likeness (QED) is 0.357. The van der Waals surface area contributed by atoms with Crippen molar-refractivity contribution >= 4 is 43.3 Å². The predicted octanol–water partition coefficient (Wildman–Crippen LogP) is 1.41. The van der Waals surface area contributed by atoms with Crippen molar-refractivity contribution in [3.8, 4) is 10.4 Å². The van der Waals surface area contributed by atoms with Crippen LogP contribution in [0, 0.1) is 0 Å². The number of hydrogen-bond donors (Lipinski definition) is 1. The summed E-state index contributed by atoms with van der Waals surface area (Å²) < 4.78 is 63.9. The van der Waals surface area contributed by atoms with E-state index in [0.29, 0.717) is 29.0 Å². The zero-order valence-electron chi connectivity index (χ0n) is 20.9. The Labute approximate surface area is 225 Å². The molecular weight excluding hydrogens is 558 g/mol. The Morgan fingerprint density at radius 2 is 1.79 bits per heavy atom. The third-order valence-corrected chi connectivity index (χ3v) is 11.0. The fourth-order valence-electron chi connectivity index (χ4n) is 4.16. The van der Waals surface area contributed by atoms with Gasteiger partial charge in [0.15, 0.2) is 6.29 Å². The van der Waals surface area contributed by atoms with Gasteiger partial charge in [-0.1, -0.05) is 12.1 Å². The molecule has 2 aliphatic rings. The van der Waals surface area contributed by atoms with Gasteiger partial charge in [0.2, 0.25) is 10.0 Å². The highest BCUT2D eigenvalue weighted by Crippen LogP contribution is 2.34. The van der Waals surface area contributed by atoms with Gasteiger partial charge in [0.1, 0.15) is 10.3 Å². The molecule has 2 saturated heterocycles. The van der Waals surface area contributed by atoms with Crippen molar-refractivity contribution in [2.45, 2.75) is 35.8 Å². The van der Waals surface area contributed by atoms with Crippen LogP contribution in [0.15, 0.2) is 40.6 Å². The molecule has 1 N–H and O–H groups in total. The average molecular weight is 588 g/mol. The summed E-state index contributed by atoms with van der Waals surface area (Å²) in [5, 5.41) is 0. The van der Waals surface area contributed by atoms with Gasteiger partial charge in [-0.25, -0.2) is 31.9 Å². The first kappa shape index (κ1) is 28.6. The molecular formula is C23H29N3O9S3. The number of ether oxygens (including phenoxy) is 2. The number of esters is 1. The summed E-state index contributed by atoms with van der Waals surface area (Å²) in [4.78, 5) is 30.7. The molecule has 12 nitrogen and oxygen atoms in total. The number of piperazine rings is 1. The Kier molecular flexibility index (Phi) is 8.86. The van der Waals surface area contributed by atoms with Crippen LogP contribution in [-0.2, 0) is 39.2 Å². The van der Waals surface area contributed by atoms with E-state index in [-0.39, 0.29) is 23.8 Å². The van der Waals surface area contributed by atoms with E-state index in [4.69, 9.17) is 14.3 Å². The molecule has 208 valence electrons. The number of methoxy groups -OCH3 is 1. The molecule has 1 aromatic carbocycles. The molecule has 1 aromatic heterocycles. The standard InChI is InChI=1S/C23H29N3O9S3/c1-33-23(28)17-8-6-16(7-9-17)19-10-11-21(36-19)38(31,32)26-13-12-25(37(2,29)30)15-18(26)22(27)24-35-20-5-3-4-14-34-20/h6-11,18,20H,3-5,12-15H2,1-2H3,(H,24,27). The highest BCUT2D eigenvalue weighted by Gasteiger charge is 2.43. The average Bonchev–Trinajstić information content (AvgIpc) is 3.42. The lowest BCUT2D eigenvalue weighted by Gasteiger charge is -2.38. The number of hydroxylamine groups is 1. The van der Waals surface area contributed by atoms with E-state index in [9.17, 15) is 26.4 Å². The number of thiophene rings is 1. The van der Waals surface area contributed by atoms with Gasteiger partial charge in [-0.05, 0) is 42.7 Å². The Hall–Kier alpha value is -2.40. The summed E-state index contributed by atoms with van der Waals surface area (Å²) in [6.07, 6.45) is 2.66. The van der Waals surface area contributed by atoms with Crippen molar-refractivity contribution in [2.24, 2.45) is 0 Å². The molecule has 2 atom stereocenters. The summed E-state index contributed by atoms with van der Waals surface area (Å²) in [6, 6.07) is 8.24. The van der Waals surface area contributed by atoms with Crippen molar-refractivity contribution in [1.29, 1.82) is 0 Å². The SMILES string of the molecule is COC(=O)c1ccc(-c2ccc(S(=O)(=O)N3CCN(S(C)(=O)=O)CC3C(=O)NOC3CCCCO3)s2)cc1. The molecule has 2 aliphatic heterocycles. The van der Waals surface area contributed by atoms with E-state index < -0.39 is 44.3 Å². The molecule has 2 aromatic rings. The van der Waals surface area contributed by atoms with Crippen molar-refractivity contribution in [1.82, 2.24) is 14.1 Å². The van der Waals surface area contributed by atoms with Crippen LogP contribution in [0.3, 0.4) is 0 Å². The minimum absolute atomic E-state index is 0.00770. The van der Waals surface area contributed by atoms with Gasteiger partial charge in [-0.15, -0.1) is 11.3 Å². The highest BCUT2D eigenvalue weighted by atomic mass is 32.2. The van der Waals surface area contributed by atoms with Crippen molar-refractivity contribution in [2.75, 3.05) is 39.6 Å². The predicted molar refractivity (Wildman–Crippen MR) is 138 cm³/mol. The van der Waals surface area contributed by atoms with E-state index >= 15 is 0 Å². The van der Waals surface area contributed by atoms with Crippen LogP contribution < -0.4 is 5.48 Å². The molecule has 3 heterocycles. The van der Waals surface area contributed by atoms with Crippen LogP contribution in [0.2, 0.25) is 0 Å². The lowest BCUT2D eigenvalue weighted by Crippen LogP contribution is -2.61. The maximum atomic E-state index is 13.7. The zero-order valence-corrected chi connectivity index (χ0v) is 23.3. The molecule has 0 saturated carbocycles. The van der Waals surface area contributed by atoms with Gasteiger partial charge in [0.25, 0.3) is 15.9 Å². The number of nitrogens with zero attached hydrogens (tertiary/aromatic N) is 2. The van der Waals surface area contributed by atoms with E-state index in [2.05, 4.69) is 5.48 Å². The molecule has 2 unspecified atom stereocenters. The highest BCUT2D eigenvalue weighted by molar-refractivity contribution is 7.91. The lowest BCUT2D eigenvalue weighted by molar-refractivity contribution is -0.202. The summed E-state index contributed by atoms with van der Waals surface area (Å²) in [6.45, 7) is -0.180. The summed E-state index contributed by atoms with van der Waals surface area (Å²) in [5.41, 5.74) is 3.33. The molecule has 2 fully saturated rings. The Bertz CT molecular complexity index is 1370. The summed E-state index contributed by atoms with van der Waals surface area (Å²) in [5.74, 6) is -1.27. The minimum Gasteiger partial charge on any atom is -0.465 e. The van der Waals surface area contributed by atoms with Crippen molar-refractivity contribution < 1.29 is 40.7 Å². The number of nitrogens with one attached hydrogen (secondary N) is 1. The molecule has 0 radical (unpaired) electrons. The topological polar surface area (TPSA) is 149 Å². The number of rotatable bonds is 8. The van der Waals surface area contributed by atoms with Gasteiger partial charge in [0, 0.05) is 37.5 Å². The Morgan fingerprint density at radius 3 is 2.42 bits per heavy atom. The number of hydrogen-bond acceptors (Lipinski definition) is 10. The fourth-order valence-corrected chi connectivity index (χ4v) is 7.99. The van der Waals surface area contributed by atoms with E-state index in [1.807, 2.05) is 0 Å². The lowest BCUT2D eigenvalue weighted by atomic mass is 10.1. The number of sulfonamides is 2. The monoisotopic (exact) mass is 587 g/mol. The van der Waals surface area contributed by atoms with Crippen LogP contribution >= 0.6 is 11.3 Å². The third kappa shape index (κ3) is 6.42. The molecule has 4 rings (SSSR count). The van der Waals surface area contributed by atoms with Gasteiger partial charge in [-0.3, -0.25) is 4.79 Å². The van der Waals surface area contributed by atoms with Crippen LogP contribution in [0.25, 0.3) is 10.4 Å². The molecule has 0 spiro atoms. The summed E-state index contributed by atoms with van der Waals surface area (Å²) in [7, 11) is -6.56. The van der Waals surface area contributed by atoms with Crippen LogP contribution in [0.5, 0.6) is 0 Å². The molecule has 15 heteroatoms. The van der Waals surface area contributed by atoms with Gasteiger partial charge >= 0.3 is 5.97 Å². The fraction of sp³-hybridized carbons (Fsp3) is 0.478. The number of benzene rings is 1. The Morgan fingerprint density at radius 1 is 1.05 bits per heavy atom. The second-order valence-corrected chi connectivity index (χ2v) is 14.0. The second kappa shape index (κ2) is 11.8. The van der Waals surface area contributed by atoms with Gasteiger partial charge in [0.05, 0.1) is 18.9 Å². The smallest absolute Gasteiger partial charge is 0.337 e. The van der Waals surface area contributed by atoms with E-state index in [1.54, 1.807) is 30.3 Å². The van der Waals surface area contributed by atoms with E-state index in [1.165, 1.54) is 13.2 Å². The molecule has 38 heavy (non-hydrogen) atoms. The summed E-state index contributed by atoms with van der Waals surface area (Å²) >= 11 is 1.00. The second-order valence-electron chi connectivity index (χ2n) is 8.82. The number of carbonyl (C=O) groups excluding carboxylic acids is 2. The van der Waals surface area contributed by atoms with Gasteiger partial charge < -0.3 is 9.47 Å².